The lowest BCUT2D eigenvalue weighted by molar-refractivity contribution is -0.125. The van der Waals surface area contributed by atoms with Crippen LogP contribution in [0.5, 0.6) is 11.6 Å². The lowest BCUT2D eigenvalue weighted by Crippen LogP contribution is -2.52. The summed E-state index contributed by atoms with van der Waals surface area (Å²) in [5, 5.41) is 2.59. The largest absolute Gasteiger partial charge is 0.434 e. The Labute approximate surface area is 192 Å². The van der Waals surface area contributed by atoms with Gasteiger partial charge in [0, 0.05) is 38.0 Å². The van der Waals surface area contributed by atoms with Crippen molar-refractivity contribution in [1.29, 1.82) is 0 Å². The fourth-order valence-electron chi connectivity index (χ4n) is 3.72. The van der Waals surface area contributed by atoms with Crippen molar-refractivity contribution in [3.63, 3.8) is 0 Å². The summed E-state index contributed by atoms with van der Waals surface area (Å²) in [6.45, 7) is 1.70. The van der Waals surface area contributed by atoms with Gasteiger partial charge in [0.2, 0.25) is 11.8 Å². The molecule has 1 unspecified atom stereocenters. The predicted octanol–water partition coefficient (Wildman–Crippen LogP) is 4.39. The molecule has 7 nitrogen and oxygen atoms in total. The van der Waals surface area contributed by atoms with Crippen LogP contribution in [0.25, 0.3) is 0 Å². The van der Waals surface area contributed by atoms with Crippen LogP contribution in [0.3, 0.4) is 0 Å². The highest BCUT2D eigenvalue weighted by Crippen LogP contribution is 2.40. The van der Waals surface area contributed by atoms with Crippen molar-refractivity contribution in [3.8, 4) is 11.6 Å². The fourth-order valence-corrected chi connectivity index (χ4v) is 3.72. The van der Waals surface area contributed by atoms with Gasteiger partial charge in [-0.3, -0.25) is 14.7 Å². The van der Waals surface area contributed by atoms with Crippen LogP contribution >= 0.6 is 0 Å². The Morgan fingerprint density at radius 3 is 2.62 bits per heavy atom. The maximum atomic E-state index is 14.6. The van der Waals surface area contributed by atoms with E-state index in [0.717, 1.165) is 12.1 Å². The van der Waals surface area contributed by atoms with E-state index < -0.39 is 35.4 Å². The van der Waals surface area contributed by atoms with E-state index in [4.69, 9.17) is 4.74 Å². The van der Waals surface area contributed by atoms with E-state index in [1.807, 2.05) is 0 Å². The molecule has 1 fully saturated rings. The molecular formula is C23H21F4N5O2. The van der Waals surface area contributed by atoms with Gasteiger partial charge in [0.1, 0.15) is 5.82 Å². The molecule has 34 heavy (non-hydrogen) atoms. The fraction of sp³-hybridized carbons (Fsp3) is 0.304. The van der Waals surface area contributed by atoms with Crippen LogP contribution in [0.1, 0.15) is 24.8 Å². The Bertz CT molecular complexity index is 1150. The maximum Gasteiger partial charge on any atom is 0.257 e. The number of alkyl halides is 2. The highest BCUT2D eigenvalue weighted by atomic mass is 19.3. The van der Waals surface area contributed by atoms with Gasteiger partial charge in [-0.05, 0) is 36.8 Å². The van der Waals surface area contributed by atoms with Crippen LogP contribution < -0.4 is 10.1 Å². The molecule has 1 aliphatic heterocycles. The van der Waals surface area contributed by atoms with Crippen molar-refractivity contribution in [1.82, 2.24) is 19.9 Å². The number of piperidine rings is 1. The third-order valence-electron chi connectivity index (χ3n) is 5.68. The number of anilines is 1. The smallest absolute Gasteiger partial charge is 0.257 e. The SMILES string of the molecule is CC(C(=O)Nc1cnc(Oc2ccc(F)cc2F)cn1)N1CCC(F)(F)[C@@H](c2ccncc2)C1. The Hall–Kier alpha value is -3.60. The van der Waals surface area contributed by atoms with Crippen LogP contribution in [0.4, 0.5) is 23.4 Å². The first-order valence-electron chi connectivity index (χ1n) is 10.5. The summed E-state index contributed by atoms with van der Waals surface area (Å²) >= 11 is 0. The second-order valence-corrected chi connectivity index (χ2v) is 7.92. The molecule has 178 valence electrons. The van der Waals surface area contributed by atoms with Crippen molar-refractivity contribution >= 4 is 11.7 Å². The molecule has 2 aromatic heterocycles. The van der Waals surface area contributed by atoms with Crippen molar-refractivity contribution in [2.45, 2.75) is 31.2 Å². The number of benzene rings is 1. The topological polar surface area (TPSA) is 80.2 Å². The predicted molar refractivity (Wildman–Crippen MR) is 115 cm³/mol. The van der Waals surface area contributed by atoms with E-state index in [1.165, 1.54) is 24.8 Å². The van der Waals surface area contributed by atoms with Gasteiger partial charge in [-0.2, -0.15) is 0 Å². The number of carbonyl (C=O) groups is 1. The molecule has 1 aliphatic rings. The van der Waals surface area contributed by atoms with Crippen LogP contribution in [0.2, 0.25) is 0 Å². The summed E-state index contributed by atoms with van der Waals surface area (Å²) in [7, 11) is 0. The lowest BCUT2D eigenvalue weighted by atomic mass is 9.87. The number of hydrogen-bond acceptors (Lipinski definition) is 6. The minimum atomic E-state index is -2.89. The molecule has 4 rings (SSSR count). The lowest BCUT2D eigenvalue weighted by Gasteiger charge is -2.40. The van der Waals surface area contributed by atoms with Crippen LogP contribution in [-0.4, -0.2) is 50.8 Å². The zero-order valence-electron chi connectivity index (χ0n) is 18.1. The molecule has 11 heteroatoms. The zero-order valence-corrected chi connectivity index (χ0v) is 18.1. The van der Waals surface area contributed by atoms with Crippen molar-refractivity contribution in [2.75, 3.05) is 18.4 Å². The first-order valence-corrected chi connectivity index (χ1v) is 10.5. The number of nitrogens with zero attached hydrogens (tertiary/aromatic N) is 4. The first-order chi connectivity index (χ1) is 16.2. The third kappa shape index (κ3) is 5.30. The highest BCUT2D eigenvalue weighted by molar-refractivity contribution is 5.93. The second-order valence-electron chi connectivity index (χ2n) is 7.92. The van der Waals surface area contributed by atoms with Gasteiger partial charge in [-0.1, -0.05) is 0 Å². The van der Waals surface area contributed by atoms with Crippen molar-refractivity contribution in [3.05, 3.63) is 72.3 Å². The zero-order chi connectivity index (χ0) is 24.3. The molecule has 0 saturated carbocycles. The molecule has 3 aromatic rings. The Kier molecular flexibility index (Phi) is 6.73. The van der Waals surface area contributed by atoms with Gasteiger partial charge in [0.25, 0.3) is 5.92 Å². The molecule has 0 bridgehead atoms. The number of likely N-dealkylation sites (tertiary alicyclic amines) is 1. The standard InChI is InChI=1S/C23H21F4N5O2/c1-14(32-9-6-23(26,27)17(13-32)15-4-7-28-8-5-15)22(33)31-20-11-30-21(12-29-20)34-19-3-2-16(24)10-18(19)25/h2-5,7-8,10-12,14,17H,6,9,13H2,1H3,(H,29,31,33)/t14?,17-/m1/s1. The van der Waals surface area contributed by atoms with Gasteiger partial charge in [-0.25, -0.2) is 27.5 Å². The summed E-state index contributed by atoms with van der Waals surface area (Å²) in [5.74, 6) is -6.20. The molecule has 1 amide bonds. The van der Waals surface area contributed by atoms with E-state index in [2.05, 4.69) is 20.3 Å². The van der Waals surface area contributed by atoms with Gasteiger partial charge in [0.05, 0.1) is 24.4 Å². The van der Waals surface area contributed by atoms with E-state index >= 15 is 0 Å². The number of halogens is 4. The number of aromatic nitrogens is 3. The summed E-state index contributed by atoms with van der Waals surface area (Å²) in [4.78, 5) is 26.3. The number of hydrogen-bond donors (Lipinski definition) is 1. The molecule has 1 N–H and O–H groups in total. The molecule has 1 aromatic carbocycles. The van der Waals surface area contributed by atoms with Gasteiger partial charge >= 0.3 is 0 Å². The Morgan fingerprint density at radius 2 is 1.94 bits per heavy atom. The number of amides is 1. The van der Waals surface area contributed by atoms with E-state index in [-0.39, 0.29) is 37.0 Å². The molecular weight excluding hydrogens is 454 g/mol. The number of ether oxygens (including phenoxy) is 1. The van der Waals surface area contributed by atoms with Crippen LogP contribution in [0.15, 0.2) is 55.1 Å². The highest BCUT2D eigenvalue weighted by Gasteiger charge is 2.46. The van der Waals surface area contributed by atoms with E-state index in [9.17, 15) is 22.4 Å². The molecule has 0 spiro atoms. The summed E-state index contributed by atoms with van der Waals surface area (Å²) in [6.07, 6.45) is 4.95. The van der Waals surface area contributed by atoms with E-state index in [1.54, 1.807) is 24.0 Å². The average molecular weight is 475 g/mol. The first kappa shape index (κ1) is 23.6. The van der Waals surface area contributed by atoms with Crippen molar-refractivity contribution in [2.24, 2.45) is 0 Å². The maximum absolute atomic E-state index is 14.6. The molecule has 1 saturated heterocycles. The molecule has 0 aliphatic carbocycles. The Morgan fingerprint density at radius 1 is 1.18 bits per heavy atom. The average Bonchev–Trinajstić information content (AvgIpc) is 2.82. The number of carbonyl (C=O) groups excluding carboxylic acids is 1. The summed E-state index contributed by atoms with van der Waals surface area (Å²) in [6, 6.07) is 5.25. The van der Waals surface area contributed by atoms with Crippen LogP contribution in [0, 0.1) is 11.6 Å². The number of rotatable bonds is 6. The third-order valence-corrected chi connectivity index (χ3v) is 5.68. The van der Waals surface area contributed by atoms with Gasteiger partial charge in [-0.15, -0.1) is 0 Å². The molecule has 3 heterocycles. The quantitative estimate of drug-likeness (QED) is 0.533. The van der Waals surface area contributed by atoms with Gasteiger partial charge < -0.3 is 10.1 Å². The number of pyridine rings is 1. The number of nitrogens with one attached hydrogen (secondary N) is 1. The Balaban J connectivity index is 1.38. The second kappa shape index (κ2) is 9.72. The van der Waals surface area contributed by atoms with E-state index in [0.29, 0.717) is 11.6 Å². The van der Waals surface area contributed by atoms with Crippen LogP contribution in [-0.2, 0) is 4.79 Å². The minimum Gasteiger partial charge on any atom is -0.434 e. The molecule has 2 atom stereocenters. The normalized spacial score (nSPS) is 18.8. The minimum absolute atomic E-state index is 0.00723. The summed E-state index contributed by atoms with van der Waals surface area (Å²) in [5.41, 5.74) is 0.469. The summed E-state index contributed by atoms with van der Waals surface area (Å²) < 4.78 is 61.1. The van der Waals surface area contributed by atoms with Gasteiger partial charge in [0.15, 0.2) is 17.4 Å². The molecule has 0 radical (unpaired) electrons. The monoisotopic (exact) mass is 475 g/mol. The van der Waals surface area contributed by atoms with Crippen molar-refractivity contribution < 1.29 is 27.1 Å².